The number of unbranched alkanes of at least 4 members (excludes halogenated alkanes) is 50. The number of phosphoric acid groups is 2. The highest BCUT2D eigenvalue weighted by molar-refractivity contribution is 7.47. The van der Waals surface area contributed by atoms with Crippen molar-refractivity contribution in [2.75, 3.05) is 39.6 Å². The number of carbonyl (C=O) groups excluding carboxylic acids is 4. The summed E-state index contributed by atoms with van der Waals surface area (Å²) in [7, 11) is -9.91. The molecule has 0 aromatic heterocycles. The van der Waals surface area contributed by atoms with E-state index >= 15 is 0 Å². The quantitative estimate of drug-likeness (QED) is 0.0222. The van der Waals surface area contributed by atoms with Crippen LogP contribution < -0.4 is 0 Å². The Morgan fingerprint density at radius 3 is 0.701 bits per heavy atom. The van der Waals surface area contributed by atoms with Crippen molar-refractivity contribution >= 4 is 39.5 Å². The van der Waals surface area contributed by atoms with Crippen molar-refractivity contribution in [3.63, 3.8) is 0 Å². The molecule has 0 amide bonds. The normalized spacial score (nSPS) is 13.9. The number of aliphatic hydroxyl groups excluding tert-OH is 1. The summed E-state index contributed by atoms with van der Waals surface area (Å²) in [5.74, 6) is -1.33. The summed E-state index contributed by atoms with van der Waals surface area (Å²) in [5.41, 5.74) is 0. The highest BCUT2D eigenvalue weighted by atomic mass is 31.2. The molecule has 0 aromatic rings. The molecule has 0 saturated carbocycles. The van der Waals surface area contributed by atoms with Crippen LogP contribution in [0.4, 0.5) is 0 Å². The summed E-state index contributed by atoms with van der Waals surface area (Å²) in [6.07, 6.45) is 60.8. The number of carbonyl (C=O) groups is 4. The van der Waals surface area contributed by atoms with Gasteiger partial charge < -0.3 is 33.8 Å². The lowest BCUT2D eigenvalue weighted by atomic mass is 10.0. The Balaban J connectivity index is 5.26. The van der Waals surface area contributed by atoms with Crippen LogP contribution in [0.2, 0.25) is 0 Å². The molecule has 0 heterocycles. The first-order chi connectivity index (χ1) is 47.0. The monoisotopic (exact) mass is 1420 g/mol. The van der Waals surface area contributed by atoms with Gasteiger partial charge in [0, 0.05) is 25.7 Å². The van der Waals surface area contributed by atoms with Gasteiger partial charge in [0.1, 0.15) is 19.3 Å². The standard InChI is InChI=1S/C78H152O17P2/c1-6-9-12-15-18-21-24-27-29-31-37-42-47-52-57-62-76(81)89-68-74(95-78(83)64-59-54-49-44-39-34-33-35-40-45-50-55-60-71(4)5)70-93-97(86,87)91-66-72(79)65-90-96(84,85)92-69-73(67-88-75(80)61-56-51-46-41-36-26-23-20-17-14-11-8-3)94-77(82)63-58-53-48-43-38-32-30-28-25-22-19-16-13-10-7-2/h71-74,79H,6-70H2,1-5H3,(H,84,85)(H,86,87)/t72-,73+,74+/m0/s1. The van der Waals surface area contributed by atoms with E-state index in [9.17, 15) is 43.2 Å². The second-order valence-corrected chi connectivity index (χ2v) is 31.5. The number of phosphoric ester groups is 2. The molecule has 5 atom stereocenters. The number of hydrogen-bond donors (Lipinski definition) is 3. The zero-order valence-electron chi connectivity index (χ0n) is 63.2. The fourth-order valence-corrected chi connectivity index (χ4v) is 13.6. The first-order valence-electron chi connectivity index (χ1n) is 40.6. The van der Waals surface area contributed by atoms with Gasteiger partial charge in [-0.2, -0.15) is 0 Å². The molecule has 17 nitrogen and oxygen atoms in total. The van der Waals surface area contributed by atoms with Gasteiger partial charge in [-0.05, 0) is 31.6 Å². The van der Waals surface area contributed by atoms with Gasteiger partial charge >= 0.3 is 39.5 Å². The van der Waals surface area contributed by atoms with Crippen molar-refractivity contribution in [3.05, 3.63) is 0 Å². The van der Waals surface area contributed by atoms with Crippen LogP contribution in [-0.4, -0.2) is 96.7 Å². The van der Waals surface area contributed by atoms with E-state index < -0.39 is 97.5 Å². The van der Waals surface area contributed by atoms with Gasteiger partial charge in [-0.25, -0.2) is 9.13 Å². The Bertz CT molecular complexity index is 1860. The number of ether oxygens (including phenoxy) is 4. The molecule has 0 spiro atoms. The summed E-state index contributed by atoms with van der Waals surface area (Å²) in [5, 5.41) is 10.6. The fraction of sp³-hybridized carbons (Fsp3) is 0.949. The van der Waals surface area contributed by atoms with Crippen LogP contribution in [0, 0.1) is 5.92 Å². The number of rotatable bonds is 78. The van der Waals surface area contributed by atoms with Crippen LogP contribution in [0.5, 0.6) is 0 Å². The van der Waals surface area contributed by atoms with Crippen LogP contribution in [-0.2, 0) is 65.4 Å². The predicted molar refractivity (Wildman–Crippen MR) is 395 cm³/mol. The van der Waals surface area contributed by atoms with E-state index in [0.29, 0.717) is 25.7 Å². The SMILES string of the molecule is CCCCCCCCCCCCCCCCCC(=O)OC[C@H](COP(=O)(O)OC[C@@H](O)COP(=O)(O)OC[C@@H](COC(=O)CCCCCCCCCCCCCC)OC(=O)CCCCCCCCCCCCCCCCC)OC(=O)CCCCCCCCCCCCCCC(C)C. The number of hydrogen-bond acceptors (Lipinski definition) is 15. The third kappa shape index (κ3) is 72.2. The minimum absolute atomic E-state index is 0.108. The molecule has 19 heteroatoms. The van der Waals surface area contributed by atoms with Gasteiger partial charge in [-0.1, -0.05) is 362 Å². The molecule has 97 heavy (non-hydrogen) atoms. The van der Waals surface area contributed by atoms with E-state index in [1.807, 2.05) is 0 Å². The van der Waals surface area contributed by atoms with E-state index in [4.69, 9.17) is 37.0 Å². The van der Waals surface area contributed by atoms with Crippen molar-refractivity contribution in [2.45, 2.75) is 432 Å². The van der Waals surface area contributed by atoms with Gasteiger partial charge in [0.2, 0.25) is 0 Å². The maximum absolute atomic E-state index is 13.1. The molecule has 0 aliphatic rings. The Kier molecular flexibility index (Phi) is 69.6. The minimum Gasteiger partial charge on any atom is -0.462 e. The number of aliphatic hydroxyl groups is 1. The summed E-state index contributed by atoms with van der Waals surface area (Å²) in [6.45, 7) is 7.33. The first kappa shape index (κ1) is 95.1. The summed E-state index contributed by atoms with van der Waals surface area (Å²) in [6, 6.07) is 0. The van der Waals surface area contributed by atoms with Gasteiger partial charge in [0.05, 0.1) is 26.4 Å². The molecule has 0 aliphatic carbocycles. The largest absolute Gasteiger partial charge is 0.472 e. The van der Waals surface area contributed by atoms with Crippen LogP contribution >= 0.6 is 15.6 Å². The molecule has 0 fully saturated rings. The smallest absolute Gasteiger partial charge is 0.462 e. The molecular formula is C78H152O17P2. The Labute approximate surface area is 594 Å². The first-order valence-corrected chi connectivity index (χ1v) is 43.6. The van der Waals surface area contributed by atoms with Crippen molar-refractivity contribution in [1.29, 1.82) is 0 Å². The van der Waals surface area contributed by atoms with Crippen molar-refractivity contribution in [1.82, 2.24) is 0 Å². The van der Waals surface area contributed by atoms with Crippen molar-refractivity contribution in [3.8, 4) is 0 Å². The number of esters is 4. The lowest BCUT2D eigenvalue weighted by Crippen LogP contribution is -2.30. The van der Waals surface area contributed by atoms with Crippen molar-refractivity contribution < 1.29 is 80.2 Å². The van der Waals surface area contributed by atoms with Crippen LogP contribution in [0.3, 0.4) is 0 Å². The Morgan fingerprint density at radius 1 is 0.278 bits per heavy atom. The third-order valence-electron chi connectivity index (χ3n) is 18.3. The van der Waals surface area contributed by atoms with Crippen molar-refractivity contribution in [2.24, 2.45) is 5.92 Å². The molecule has 0 saturated heterocycles. The zero-order valence-corrected chi connectivity index (χ0v) is 65.0. The highest BCUT2D eigenvalue weighted by Crippen LogP contribution is 2.45. The lowest BCUT2D eigenvalue weighted by molar-refractivity contribution is -0.161. The maximum atomic E-state index is 13.1. The Morgan fingerprint density at radius 2 is 0.474 bits per heavy atom. The minimum atomic E-state index is -4.96. The molecular weight excluding hydrogens is 1270 g/mol. The topological polar surface area (TPSA) is 237 Å². The summed E-state index contributed by atoms with van der Waals surface area (Å²) >= 11 is 0. The zero-order chi connectivity index (χ0) is 71.2. The second kappa shape index (κ2) is 71.1. The van der Waals surface area contributed by atoms with Gasteiger partial charge in [0.25, 0.3) is 0 Å². The molecule has 0 aliphatic heterocycles. The van der Waals surface area contributed by atoms with Crippen LogP contribution in [0.15, 0.2) is 0 Å². The van der Waals surface area contributed by atoms with Gasteiger partial charge in [-0.15, -0.1) is 0 Å². The average molecular weight is 1420 g/mol. The van der Waals surface area contributed by atoms with Gasteiger partial charge in [-0.3, -0.25) is 37.3 Å². The highest BCUT2D eigenvalue weighted by Gasteiger charge is 2.30. The molecule has 576 valence electrons. The molecule has 0 aromatic carbocycles. The summed E-state index contributed by atoms with van der Waals surface area (Å²) < 4.78 is 68.7. The average Bonchev–Trinajstić information content (AvgIpc) is 1.53. The van der Waals surface area contributed by atoms with E-state index in [1.54, 1.807) is 0 Å². The van der Waals surface area contributed by atoms with E-state index in [-0.39, 0.29) is 25.7 Å². The van der Waals surface area contributed by atoms with E-state index in [0.717, 1.165) is 95.8 Å². The van der Waals surface area contributed by atoms with E-state index in [2.05, 4.69) is 34.6 Å². The second-order valence-electron chi connectivity index (χ2n) is 28.6. The van der Waals surface area contributed by atoms with Crippen LogP contribution in [0.25, 0.3) is 0 Å². The third-order valence-corrected chi connectivity index (χ3v) is 20.2. The van der Waals surface area contributed by atoms with E-state index in [1.165, 1.54) is 238 Å². The fourth-order valence-electron chi connectivity index (χ4n) is 12.1. The molecule has 0 bridgehead atoms. The molecule has 0 rings (SSSR count). The Hall–Kier alpha value is -1.94. The van der Waals surface area contributed by atoms with Gasteiger partial charge in [0.15, 0.2) is 12.2 Å². The maximum Gasteiger partial charge on any atom is 0.472 e. The summed E-state index contributed by atoms with van der Waals surface area (Å²) in [4.78, 5) is 72.9. The lowest BCUT2D eigenvalue weighted by Gasteiger charge is -2.21. The molecule has 3 N–H and O–H groups in total. The molecule has 0 radical (unpaired) electrons. The molecule has 2 unspecified atom stereocenters. The predicted octanol–water partition coefficient (Wildman–Crippen LogP) is 23.3. The van der Waals surface area contributed by atoms with Crippen LogP contribution in [0.1, 0.15) is 413 Å².